The Morgan fingerprint density at radius 3 is 2.75 bits per heavy atom. The third-order valence-corrected chi connectivity index (χ3v) is 6.73. The lowest BCUT2D eigenvalue weighted by Gasteiger charge is -2.28. The van der Waals surface area contributed by atoms with Gasteiger partial charge in [-0.05, 0) is 18.6 Å². The van der Waals surface area contributed by atoms with Gasteiger partial charge in [0.15, 0.2) is 9.84 Å². The van der Waals surface area contributed by atoms with Crippen molar-refractivity contribution in [3.8, 4) is 0 Å². The van der Waals surface area contributed by atoms with Crippen molar-refractivity contribution < 1.29 is 27.2 Å². The summed E-state index contributed by atoms with van der Waals surface area (Å²) in [5, 5.41) is 0.890. The molecule has 2 saturated heterocycles. The monoisotopic (exact) mass is 372 g/mol. The first-order chi connectivity index (χ1) is 11.3. The molecule has 1 N–H and O–H groups in total. The van der Waals surface area contributed by atoms with Crippen molar-refractivity contribution in [1.29, 1.82) is 0 Å². The predicted octanol–water partition coefficient (Wildman–Crippen LogP) is 0.537. The molecule has 3 amide bonds. The molecule has 130 valence electrons. The van der Waals surface area contributed by atoms with Gasteiger partial charge in [0.25, 0.3) is 5.24 Å². The Balaban J connectivity index is 1.74. The number of amides is 3. The van der Waals surface area contributed by atoms with Crippen LogP contribution in [-0.2, 0) is 26.0 Å². The average Bonchev–Trinajstić information content (AvgIpc) is 3.18. The quantitative estimate of drug-likeness (QED) is 0.802. The van der Waals surface area contributed by atoms with Gasteiger partial charge in [-0.1, -0.05) is 11.8 Å². The summed E-state index contributed by atoms with van der Waals surface area (Å²) < 4.78 is 28.7. The van der Waals surface area contributed by atoms with Crippen molar-refractivity contribution in [3.05, 3.63) is 24.2 Å². The van der Waals surface area contributed by atoms with Crippen LogP contribution in [0.1, 0.15) is 18.6 Å². The highest BCUT2D eigenvalue weighted by molar-refractivity contribution is 8.15. The van der Waals surface area contributed by atoms with Crippen molar-refractivity contribution in [1.82, 2.24) is 10.2 Å². The first-order valence-corrected chi connectivity index (χ1v) is 10.1. The summed E-state index contributed by atoms with van der Waals surface area (Å²) in [5.41, 5.74) is 0. The molecule has 1 aromatic rings. The van der Waals surface area contributed by atoms with Crippen LogP contribution >= 0.6 is 11.8 Å². The molecular formula is C14H16N2O6S2. The van der Waals surface area contributed by atoms with E-state index in [9.17, 15) is 22.8 Å². The van der Waals surface area contributed by atoms with Gasteiger partial charge < -0.3 is 9.32 Å². The first kappa shape index (κ1) is 17.0. The third-order valence-electron chi connectivity index (χ3n) is 4.00. The second-order valence-corrected chi connectivity index (χ2v) is 9.15. The van der Waals surface area contributed by atoms with E-state index in [0.717, 1.165) is 11.8 Å². The molecular weight excluding hydrogens is 356 g/mol. The van der Waals surface area contributed by atoms with E-state index < -0.39 is 32.3 Å². The van der Waals surface area contributed by atoms with Gasteiger partial charge in [0.2, 0.25) is 11.8 Å². The van der Waals surface area contributed by atoms with Crippen molar-refractivity contribution in [2.45, 2.75) is 30.7 Å². The number of furan rings is 1. The lowest BCUT2D eigenvalue weighted by atomic mass is 10.1. The predicted molar refractivity (Wildman–Crippen MR) is 85.9 cm³/mol. The molecule has 0 aliphatic carbocycles. The fourth-order valence-electron chi connectivity index (χ4n) is 2.82. The van der Waals surface area contributed by atoms with E-state index in [1.54, 1.807) is 12.1 Å². The van der Waals surface area contributed by atoms with Crippen molar-refractivity contribution in [3.63, 3.8) is 0 Å². The summed E-state index contributed by atoms with van der Waals surface area (Å²) >= 11 is 0.781. The highest BCUT2D eigenvalue weighted by atomic mass is 32.2. The van der Waals surface area contributed by atoms with Crippen molar-refractivity contribution in [2.24, 2.45) is 0 Å². The zero-order chi connectivity index (χ0) is 17.3. The minimum absolute atomic E-state index is 0.0384. The molecule has 10 heteroatoms. The third kappa shape index (κ3) is 3.81. The number of nitrogens with zero attached hydrogens (tertiary/aromatic N) is 1. The molecule has 2 aliphatic heterocycles. The molecule has 2 atom stereocenters. The van der Waals surface area contributed by atoms with Crippen LogP contribution in [0.15, 0.2) is 22.8 Å². The standard InChI is InChI=1S/C14H16N2O6S2/c17-12(6-11-13(18)15-14(19)23-11)16(7-10-2-1-4-22-10)9-3-5-24(20,21)8-9/h1-2,4,9,11H,3,5-8H2,(H,15,18,19). The highest BCUT2D eigenvalue weighted by Gasteiger charge is 2.39. The molecule has 8 nitrogen and oxygen atoms in total. The van der Waals surface area contributed by atoms with Crippen LogP contribution in [-0.4, -0.2) is 53.2 Å². The smallest absolute Gasteiger partial charge is 0.286 e. The number of thioether (sulfide) groups is 1. The Morgan fingerprint density at radius 2 is 2.21 bits per heavy atom. The van der Waals surface area contributed by atoms with E-state index in [4.69, 9.17) is 4.42 Å². The average molecular weight is 372 g/mol. The summed E-state index contributed by atoms with van der Waals surface area (Å²) in [6.07, 6.45) is 1.68. The normalized spacial score (nSPS) is 25.7. The summed E-state index contributed by atoms with van der Waals surface area (Å²) in [7, 11) is -3.16. The molecule has 0 saturated carbocycles. The van der Waals surface area contributed by atoms with Gasteiger partial charge in [0, 0.05) is 12.5 Å². The highest BCUT2D eigenvalue weighted by Crippen LogP contribution is 2.26. The molecule has 0 radical (unpaired) electrons. The Kier molecular flexibility index (Phi) is 4.68. The Hall–Kier alpha value is -1.81. The summed E-state index contributed by atoms with van der Waals surface area (Å²) in [6.45, 7) is 0.138. The Morgan fingerprint density at radius 1 is 1.42 bits per heavy atom. The Bertz CT molecular complexity index is 758. The van der Waals surface area contributed by atoms with Crippen LogP contribution in [0, 0.1) is 0 Å². The van der Waals surface area contributed by atoms with E-state index in [1.807, 2.05) is 0 Å². The molecule has 1 aromatic heterocycles. The number of hydrogen-bond donors (Lipinski definition) is 1. The molecule has 0 aromatic carbocycles. The molecule has 2 aliphatic rings. The first-order valence-electron chi connectivity index (χ1n) is 7.38. The molecule has 0 bridgehead atoms. The molecule has 3 heterocycles. The van der Waals surface area contributed by atoms with Gasteiger partial charge in [0.05, 0.1) is 24.3 Å². The zero-order valence-electron chi connectivity index (χ0n) is 12.6. The number of carbonyl (C=O) groups is 3. The SMILES string of the molecule is O=C1NC(=O)C(CC(=O)N(Cc2ccco2)C2CCS(=O)(=O)C2)S1. The van der Waals surface area contributed by atoms with Crippen LogP contribution in [0.25, 0.3) is 0 Å². The molecule has 2 fully saturated rings. The molecule has 2 unspecified atom stereocenters. The lowest BCUT2D eigenvalue weighted by molar-refractivity contribution is -0.135. The van der Waals surface area contributed by atoms with Gasteiger partial charge in [0.1, 0.15) is 11.0 Å². The van der Waals surface area contributed by atoms with E-state index in [1.165, 1.54) is 11.2 Å². The number of imide groups is 1. The maximum Gasteiger partial charge on any atom is 0.286 e. The van der Waals surface area contributed by atoms with Gasteiger partial charge in [-0.15, -0.1) is 0 Å². The van der Waals surface area contributed by atoms with Gasteiger partial charge in [-0.25, -0.2) is 8.42 Å². The van der Waals surface area contributed by atoms with Crippen LogP contribution in [0.2, 0.25) is 0 Å². The largest absolute Gasteiger partial charge is 0.467 e. The summed E-state index contributed by atoms with van der Waals surface area (Å²) in [6, 6.07) is 2.94. The second kappa shape index (κ2) is 6.60. The maximum atomic E-state index is 12.7. The number of sulfone groups is 1. The molecule has 24 heavy (non-hydrogen) atoms. The van der Waals surface area contributed by atoms with Crippen LogP contribution < -0.4 is 5.32 Å². The van der Waals surface area contributed by atoms with Crippen molar-refractivity contribution in [2.75, 3.05) is 11.5 Å². The van der Waals surface area contributed by atoms with Gasteiger partial charge in [-0.2, -0.15) is 0 Å². The second-order valence-electron chi connectivity index (χ2n) is 5.75. The van der Waals surface area contributed by atoms with E-state index >= 15 is 0 Å². The van der Waals surface area contributed by atoms with E-state index in [0.29, 0.717) is 12.2 Å². The summed E-state index contributed by atoms with van der Waals surface area (Å²) in [5.74, 6) is -0.377. The summed E-state index contributed by atoms with van der Waals surface area (Å²) in [4.78, 5) is 37.0. The topological polar surface area (TPSA) is 114 Å². The van der Waals surface area contributed by atoms with Crippen LogP contribution in [0.3, 0.4) is 0 Å². The van der Waals surface area contributed by atoms with Crippen LogP contribution in [0.5, 0.6) is 0 Å². The fourth-order valence-corrected chi connectivity index (χ4v) is 5.36. The number of nitrogens with one attached hydrogen (secondary N) is 1. The van der Waals surface area contributed by atoms with Gasteiger partial charge >= 0.3 is 0 Å². The van der Waals surface area contributed by atoms with E-state index in [2.05, 4.69) is 5.32 Å². The maximum absolute atomic E-state index is 12.7. The number of rotatable bonds is 5. The fraction of sp³-hybridized carbons (Fsp3) is 0.500. The number of hydrogen-bond acceptors (Lipinski definition) is 7. The van der Waals surface area contributed by atoms with Crippen molar-refractivity contribution >= 4 is 38.7 Å². The minimum Gasteiger partial charge on any atom is -0.467 e. The molecule has 3 rings (SSSR count). The molecule has 0 spiro atoms. The zero-order valence-corrected chi connectivity index (χ0v) is 14.3. The minimum atomic E-state index is -3.16. The Labute approximate surface area is 142 Å². The number of carbonyl (C=O) groups excluding carboxylic acids is 3. The van der Waals surface area contributed by atoms with E-state index in [-0.39, 0.29) is 30.4 Å². The lowest BCUT2D eigenvalue weighted by Crippen LogP contribution is -2.42. The van der Waals surface area contributed by atoms with Crippen LogP contribution in [0.4, 0.5) is 4.79 Å². The van der Waals surface area contributed by atoms with Gasteiger partial charge in [-0.3, -0.25) is 19.7 Å².